The SMILES string of the molecule is CC(C)CN(Cc1ccc(-n2ccc(NC(=O)N3CCN(C(=O)C(C)(C)N)CC3)nc2=O)cc1)[C@H]1CC[C@H](N)CC1.Cl. The van der Waals surface area contributed by atoms with Crippen molar-refractivity contribution in [1.29, 1.82) is 0 Å². The first-order valence-electron chi connectivity index (χ1n) is 14.7. The Balaban J connectivity index is 0.00000484. The van der Waals surface area contributed by atoms with Gasteiger partial charge < -0.3 is 21.3 Å². The van der Waals surface area contributed by atoms with E-state index in [2.05, 4.69) is 41.2 Å². The van der Waals surface area contributed by atoms with Crippen molar-refractivity contribution in [2.24, 2.45) is 17.4 Å². The number of carbonyl (C=O) groups excluding carboxylic acids is 2. The topological polar surface area (TPSA) is 143 Å². The Kier molecular flexibility index (Phi) is 11.5. The first-order valence-corrected chi connectivity index (χ1v) is 14.7. The zero-order valence-electron chi connectivity index (χ0n) is 25.3. The molecule has 0 spiro atoms. The summed E-state index contributed by atoms with van der Waals surface area (Å²) in [6.45, 7) is 11.3. The minimum Gasteiger partial charge on any atom is -0.338 e. The highest BCUT2D eigenvalue weighted by atomic mass is 35.5. The van der Waals surface area contributed by atoms with Gasteiger partial charge in [-0.2, -0.15) is 4.98 Å². The molecule has 11 nitrogen and oxygen atoms in total. The predicted octanol–water partition coefficient (Wildman–Crippen LogP) is 2.80. The van der Waals surface area contributed by atoms with Gasteiger partial charge in [-0.15, -0.1) is 12.4 Å². The Morgan fingerprint density at radius 2 is 1.62 bits per heavy atom. The Hall–Kier alpha value is -2.99. The average molecular weight is 603 g/mol. The minimum atomic E-state index is -0.948. The van der Waals surface area contributed by atoms with Gasteiger partial charge in [0.25, 0.3) is 0 Å². The van der Waals surface area contributed by atoms with Crippen molar-refractivity contribution in [1.82, 2.24) is 24.3 Å². The van der Waals surface area contributed by atoms with E-state index in [-0.39, 0.29) is 30.2 Å². The van der Waals surface area contributed by atoms with Crippen molar-refractivity contribution >= 4 is 30.2 Å². The first-order chi connectivity index (χ1) is 19.4. The zero-order valence-corrected chi connectivity index (χ0v) is 26.1. The molecule has 1 aromatic heterocycles. The van der Waals surface area contributed by atoms with Crippen LogP contribution in [-0.4, -0.2) is 86.5 Å². The number of nitrogens with zero attached hydrogens (tertiary/aromatic N) is 5. The lowest BCUT2D eigenvalue weighted by Crippen LogP contribution is -2.58. The molecule has 1 saturated carbocycles. The molecule has 42 heavy (non-hydrogen) atoms. The monoisotopic (exact) mass is 602 g/mol. The Morgan fingerprint density at radius 1 is 1.02 bits per heavy atom. The van der Waals surface area contributed by atoms with Gasteiger partial charge in [-0.25, -0.2) is 9.59 Å². The van der Waals surface area contributed by atoms with Crippen molar-refractivity contribution in [3.8, 4) is 5.69 Å². The summed E-state index contributed by atoms with van der Waals surface area (Å²) in [6.07, 6.45) is 6.05. The Bertz CT molecular complexity index is 1240. The van der Waals surface area contributed by atoms with Crippen LogP contribution < -0.4 is 22.5 Å². The smallest absolute Gasteiger partial charge is 0.338 e. The van der Waals surface area contributed by atoms with Gasteiger partial charge in [0.2, 0.25) is 5.91 Å². The van der Waals surface area contributed by atoms with Crippen LogP contribution in [0.1, 0.15) is 58.9 Å². The van der Waals surface area contributed by atoms with Gasteiger partial charge in [0.15, 0.2) is 0 Å². The average Bonchev–Trinajstić information content (AvgIpc) is 2.93. The number of halogens is 1. The number of aromatic nitrogens is 2. The number of hydrogen-bond acceptors (Lipinski definition) is 7. The van der Waals surface area contributed by atoms with E-state index in [1.807, 2.05) is 12.1 Å². The van der Waals surface area contributed by atoms with E-state index in [0.29, 0.717) is 49.9 Å². The third kappa shape index (κ3) is 8.76. The van der Waals surface area contributed by atoms with E-state index in [9.17, 15) is 14.4 Å². The molecule has 1 aliphatic heterocycles. The maximum Gasteiger partial charge on any atom is 0.354 e. The molecule has 12 heteroatoms. The molecule has 0 bridgehead atoms. The number of urea groups is 1. The number of nitrogens with one attached hydrogen (secondary N) is 1. The van der Waals surface area contributed by atoms with Crippen molar-refractivity contribution < 1.29 is 9.59 Å². The molecule has 4 rings (SSSR count). The zero-order chi connectivity index (χ0) is 29.7. The van der Waals surface area contributed by atoms with Gasteiger partial charge >= 0.3 is 11.7 Å². The third-order valence-corrected chi connectivity index (χ3v) is 7.90. The standard InChI is InChI=1S/C30H46N8O3.ClH/c1-21(2)19-37(24-11-7-23(31)8-12-24)20-22-5-9-25(10-6-22)38-14-13-26(34-29(38)41)33-28(40)36-17-15-35(16-18-36)27(39)30(3,4)32;/h5-6,9-10,13-14,21,23-24H,7-8,11-12,15-20,31-32H2,1-4H3,(H,33,34,40,41);1H/t23-,24-;. The Morgan fingerprint density at radius 3 is 2.17 bits per heavy atom. The molecule has 2 aliphatic rings. The summed E-state index contributed by atoms with van der Waals surface area (Å²) in [5, 5.41) is 2.71. The molecule has 2 heterocycles. The molecule has 2 fully saturated rings. The summed E-state index contributed by atoms with van der Waals surface area (Å²) in [7, 11) is 0. The van der Waals surface area contributed by atoms with Crippen LogP contribution in [0.25, 0.3) is 5.69 Å². The molecule has 2 aromatic rings. The van der Waals surface area contributed by atoms with Gasteiger partial charge in [-0.05, 0) is 69.2 Å². The van der Waals surface area contributed by atoms with Gasteiger partial charge in [0.1, 0.15) is 5.82 Å². The molecule has 3 amide bonds. The fourth-order valence-electron chi connectivity index (χ4n) is 5.65. The van der Waals surface area contributed by atoms with Gasteiger partial charge in [-0.3, -0.25) is 19.6 Å². The summed E-state index contributed by atoms with van der Waals surface area (Å²) in [4.78, 5) is 47.9. The lowest BCUT2D eigenvalue weighted by Gasteiger charge is -2.37. The van der Waals surface area contributed by atoms with E-state index in [4.69, 9.17) is 11.5 Å². The van der Waals surface area contributed by atoms with E-state index in [0.717, 1.165) is 38.8 Å². The number of piperazine rings is 1. The molecule has 1 saturated heterocycles. The maximum atomic E-state index is 12.8. The van der Waals surface area contributed by atoms with Crippen molar-refractivity contribution in [3.05, 3.63) is 52.6 Å². The van der Waals surface area contributed by atoms with Crippen LogP contribution >= 0.6 is 12.4 Å². The molecule has 1 aliphatic carbocycles. The number of amides is 3. The number of nitrogens with two attached hydrogens (primary N) is 2. The molecule has 232 valence electrons. The fourth-order valence-corrected chi connectivity index (χ4v) is 5.65. The number of anilines is 1. The van der Waals surface area contributed by atoms with E-state index < -0.39 is 11.2 Å². The maximum absolute atomic E-state index is 12.8. The lowest BCUT2D eigenvalue weighted by molar-refractivity contribution is -0.137. The normalized spacial score (nSPS) is 19.5. The van der Waals surface area contributed by atoms with Crippen LogP contribution in [0.2, 0.25) is 0 Å². The summed E-state index contributed by atoms with van der Waals surface area (Å²) < 4.78 is 1.47. The first kappa shape index (κ1) is 33.5. The summed E-state index contributed by atoms with van der Waals surface area (Å²) >= 11 is 0. The van der Waals surface area contributed by atoms with Crippen LogP contribution in [0.15, 0.2) is 41.3 Å². The quantitative estimate of drug-likeness (QED) is 0.422. The van der Waals surface area contributed by atoms with E-state index in [1.54, 1.807) is 35.9 Å². The summed E-state index contributed by atoms with van der Waals surface area (Å²) in [5.41, 5.74) is 12.5. The fraction of sp³-hybridized carbons (Fsp3) is 0.600. The van der Waals surface area contributed by atoms with Gasteiger partial charge in [-0.1, -0.05) is 26.0 Å². The van der Waals surface area contributed by atoms with Crippen LogP contribution in [0, 0.1) is 5.92 Å². The molecule has 0 atom stereocenters. The molecule has 5 N–H and O–H groups in total. The molecular formula is C30H47ClN8O3. The highest BCUT2D eigenvalue weighted by molar-refractivity contribution is 5.89. The van der Waals surface area contributed by atoms with Crippen molar-refractivity contribution in [2.75, 3.05) is 38.0 Å². The second kappa shape index (κ2) is 14.5. The molecule has 1 aromatic carbocycles. The molecular weight excluding hydrogens is 556 g/mol. The van der Waals surface area contributed by atoms with Gasteiger partial charge in [0.05, 0.1) is 11.2 Å². The third-order valence-electron chi connectivity index (χ3n) is 7.90. The van der Waals surface area contributed by atoms with Crippen LogP contribution in [0.4, 0.5) is 10.6 Å². The number of rotatable bonds is 8. The molecule has 0 unspecified atom stereocenters. The second-order valence-corrected chi connectivity index (χ2v) is 12.5. The predicted molar refractivity (Wildman–Crippen MR) is 168 cm³/mol. The van der Waals surface area contributed by atoms with Crippen molar-refractivity contribution in [3.63, 3.8) is 0 Å². The van der Waals surface area contributed by atoms with Crippen molar-refractivity contribution in [2.45, 2.75) is 77.5 Å². The van der Waals surface area contributed by atoms with Crippen LogP contribution in [0.3, 0.4) is 0 Å². The van der Waals surface area contributed by atoms with Crippen LogP contribution in [0.5, 0.6) is 0 Å². The highest BCUT2D eigenvalue weighted by Crippen LogP contribution is 2.25. The van der Waals surface area contributed by atoms with Gasteiger partial charge in [0, 0.05) is 57.5 Å². The largest absolute Gasteiger partial charge is 0.354 e. The number of benzene rings is 1. The highest BCUT2D eigenvalue weighted by Gasteiger charge is 2.31. The summed E-state index contributed by atoms with van der Waals surface area (Å²) in [6, 6.07) is 10.1. The lowest BCUT2D eigenvalue weighted by atomic mass is 9.90. The number of hydrogen-bond donors (Lipinski definition) is 3. The van der Waals surface area contributed by atoms with E-state index in [1.165, 1.54) is 10.1 Å². The van der Waals surface area contributed by atoms with E-state index >= 15 is 0 Å². The second-order valence-electron chi connectivity index (χ2n) is 12.5. The molecule has 0 radical (unpaired) electrons. The summed E-state index contributed by atoms with van der Waals surface area (Å²) in [5.74, 6) is 0.620. The number of carbonyl (C=O) groups is 2. The minimum absolute atomic E-state index is 0. The van der Waals surface area contributed by atoms with Crippen LogP contribution in [-0.2, 0) is 11.3 Å². The Labute approximate surface area is 255 Å².